The third kappa shape index (κ3) is 5.37. The van der Waals surface area contributed by atoms with Gasteiger partial charge in [-0.1, -0.05) is 6.92 Å². The zero-order valence-corrected chi connectivity index (χ0v) is 10.8. The quantitative estimate of drug-likeness (QED) is 0.718. The van der Waals surface area contributed by atoms with Crippen LogP contribution in [0, 0.1) is 0 Å². The number of aromatic nitrogens is 1. The first kappa shape index (κ1) is 13.3. The number of hydrogen-bond donors (Lipinski definition) is 2. The van der Waals surface area contributed by atoms with E-state index in [0.717, 1.165) is 12.2 Å². The topological polar surface area (TPSA) is 45.1 Å². The zero-order valence-electron chi connectivity index (χ0n) is 9.94. The van der Waals surface area contributed by atoms with Gasteiger partial charge in [-0.25, -0.2) is 0 Å². The zero-order chi connectivity index (χ0) is 11.8. The number of hydrogen-bond acceptors (Lipinski definition) is 4. The van der Waals surface area contributed by atoms with Crippen LogP contribution in [0.3, 0.4) is 0 Å². The highest BCUT2D eigenvalue weighted by molar-refractivity contribution is 7.99. The van der Waals surface area contributed by atoms with Gasteiger partial charge < -0.3 is 10.4 Å². The van der Waals surface area contributed by atoms with E-state index in [0.29, 0.717) is 6.04 Å². The van der Waals surface area contributed by atoms with Crippen molar-refractivity contribution in [3.63, 3.8) is 0 Å². The normalized spacial score (nSPS) is 12.6. The number of pyridine rings is 1. The molecule has 0 aliphatic rings. The van der Waals surface area contributed by atoms with Crippen LogP contribution in [0.4, 0.5) is 0 Å². The van der Waals surface area contributed by atoms with Crippen molar-refractivity contribution in [1.82, 2.24) is 10.3 Å². The third-order valence-electron chi connectivity index (χ3n) is 2.34. The van der Waals surface area contributed by atoms with Crippen molar-refractivity contribution in [1.29, 1.82) is 0 Å². The van der Waals surface area contributed by atoms with Crippen LogP contribution in [0.25, 0.3) is 0 Å². The summed E-state index contributed by atoms with van der Waals surface area (Å²) in [6.45, 7) is 5.14. The molecule has 0 bridgehead atoms. The molecule has 90 valence electrons. The van der Waals surface area contributed by atoms with Gasteiger partial charge in [0.1, 0.15) is 5.75 Å². The maximum absolute atomic E-state index is 9.09. The van der Waals surface area contributed by atoms with Gasteiger partial charge in [-0.2, -0.15) is 11.8 Å². The fourth-order valence-electron chi connectivity index (χ4n) is 1.31. The van der Waals surface area contributed by atoms with E-state index in [1.54, 1.807) is 6.07 Å². The van der Waals surface area contributed by atoms with Crippen molar-refractivity contribution in [2.24, 2.45) is 0 Å². The summed E-state index contributed by atoms with van der Waals surface area (Å²) in [5.74, 6) is 2.61. The van der Waals surface area contributed by atoms with E-state index >= 15 is 0 Å². The smallest absolute Gasteiger partial charge is 0.133 e. The summed E-state index contributed by atoms with van der Waals surface area (Å²) in [6.07, 6.45) is 2.66. The Balaban J connectivity index is 2.20. The number of aromatic hydroxyl groups is 1. The van der Waals surface area contributed by atoms with E-state index in [1.807, 2.05) is 17.8 Å². The molecule has 1 heterocycles. The Kier molecular flexibility index (Phi) is 6.26. The van der Waals surface area contributed by atoms with Gasteiger partial charge >= 0.3 is 0 Å². The first-order valence-corrected chi connectivity index (χ1v) is 6.83. The molecule has 1 aromatic heterocycles. The molecule has 16 heavy (non-hydrogen) atoms. The molecule has 0 aliphatic heterocycles. The molecule has 0 aromatic carbocycles. The van der Waals surface area contributed by atoms with Crippen molar-refractivity contribution < 1.29 is 5.11 Å². The molecule has 1 atom stereocenters. The van der Waals surface area contributed by atoms with E-state index in [4.69, 9.17) is 5.11 Å². The van der Waals surface area contributed by atoms with Gasteiger partial charge in [-0.15, -0.1) is 0 Å². The van der Waals surface area contributed by atoms with Crippen LogP contribution in [-0.4, -0.2) is 27.6 Å². The fraction of sp³-hybridized carbons (Fsp3) is 0.583. The predicted molar refractivity (Wildman–Crippen MR) is 69.8 cm³/mol. The van der Waals surface area contributed by atoms with Gasteiger partial charge in [0.15, 0.2) is 0 Å². The lowest BCUT2D eigenvalue weighted by atomic mass is 10.2. The van der Waals surface area contributed by atoms with Crippen molar-refractivity contribution in [3.8, 4) is 5.75 Å². The van der Waals surface area contributed by atoms with Gasteiger partial charge in [0, 0.05) is 12.6 Å². The van der Waals surface area contributed by atoms with E-state index < -0.39 is 0 Å². The second-order valence-corrected chi connectivity index (χ2v) is 5.17. The fourth-order valence-corrected chi connectivity index (χ4v) is 2.12. The minimum atomic E-state index is 0.219. The second kappa shape index (κ2) is 7.52. The lowest BCUT2D eigenvalue weighted by Crippen LogP contribution is -2.26. The Hall–Kier alpha value is -0.740. The molecule has 0 radical (unpaired) electrons. The van der Waals surface area contributed by atoms with Gasteiger partial charge in [0.2, 0.25) is 0 Å². The first-order valence-electron chi connectivity index (χ1n) is 5.67. The van der Waals surface area contributed by atoms with Crippen LogP contribution in [0.1, 0.15) is 26.0 Å². The summed E-state index contributed by atoms with van der Waals surface area (Å²) in [4.78, 5) is 4.13. The Labute approximate surface area is 102 Å². The summed E-state index contributed by atoms with van der Waals surface area (Å²) >= 11 is 1.97. The molecule has 4 heteroatoms. The van der Waals surface area contributed by atoms with Crippen molar-refractivity contribution in [2.45, 2.75) is 32.9 Å². The van der Waals surface area contributed by atoms with Crippen LogP contribution < -0.4 is 5.32 Å². The van der Waals surface area contributed by atoms with Gasteiger partial charge in [-0.3, -0.25) is 4.98 Å². The van der Waals surface area contributed by atoms with Crippen LogP contribution in [0.15, 0.2) is 18.3 Å². The Bertz CT molecular complexity index is 290. The highest BCUT2D eigenvalue weighted by atomic mass is 32.2. The van der Waals surface area contributed by atoms with Crippen molar-refractivity contribution >= 4 is 11.8 Å². The SMILES string of the molecule is CCSCCC(C)NCc1ccc(O)cn1. The summed E-state index contributed by atoms with van der Waals surface area (Å²) < 4.78 is 0. The van der Waals surface area contributed by atoms with Crippen molar-refractivity contribution in [3.05, 3.63) is 24.0 Å². The van der Waals surface area contributed by atoms with Gasteiger partial charge in [-0.05, 0) is 37.0 Å². The van der Waals surface area contributed by atoms with Crippen LogP contribution in [0.5, 0.6) is 5.75 Å². The molecule has 0 aliphatic carbocycles. The second-order valence-electron chi connectivity index (χ2n) is 3.78. The number of rotatable bonds is 7. The number of nitrogens with zero attached hydrogens (tertiary/aromatic N) is 1. The van der Waals surface area contributed by atoms with Crippen LogP contribution in [-0.2, 0) is 6.54 Å². The van der Waals surface area contributed by atoms with Crippen LogP contribution >= 0.6 is 11.8 Å². The summed E-state index contributed by atoms with van der Waals surface area (Å²) in [7, 11) is 0. The molecule has 1 aromatic rings. The first-order chi connectivity index (χ1) is 7.72. The van der Waals surface area contributed by atoms with Crippen LogP contribution in [0.2, 0.25) is 0 Å². The average molecular weight is 240 g/mol. The minimum absolute atomic E-state index is 0.219. The molecule has 1 rings (SSSR count). The molecule has 3 nitrogen and oxygen atoms in total. The molecular weight excluding hydrogens is 220 g/mol. The summed E-state index contributed by atoms with van der Waals surface area (Å²) in [6, 6.07) is 4.02. The van der Waals surface area contributed by atoms with Gasteiger partial charge in [0.25, 0.3) is 0 Å². The molecular formula is C12H20N2OS. The molecule has 0 fully saturated rings. The van der Waals surface area contributed by atoms with E-state index in [-0.39, 0.29) is 5.75 Å². The maximum Gasteiger partial charge on any atom is 0.133 e. The standard InChI is InChI=1S/C12H20N2OS/c1-3-16-7-6-10(2)13-8-11-4-5-12(15)9-14-11/h4-5,9-10,13,15H,3,6-8H2,1-2H3. The lowest BCUT2D eigenvalue weighted by molar-refractivity contribution is 0.471. The number of nitrogens with one attached hydrogen (secondary N) is 1. The largest absolute Gasteiger partial charge is 0.506 e. The summed E-state index contributed by atoms with van der Waals surface area (Å²) in [5, 5.41) is 12.5. The molecule has 2 N–H and O–H groups in total. The van der Waals surface area contributed by atoms with Gasteiger partial charge in [0.05, 0.1) is 11.9 Å². The maximum atomic E-state index is 9.09. The Morgan fingerprint density at radius 3 is 2.94 bits per heavy atom. The average Bonchev–Trinajstić information content (AvgIpc) is 2.29. The number of thioether (sulfide) groups is 1. The molecule has 0 spiro atoms. The lowest BCUT2D eigenvalue weighted by Gasteiger charge is -2.12. The Morgan fingerprint density at radius 1 is 1.50 bits per heavy atom. The highest BCUT2D eigenvalue weighted by Crippen LogP contribution is 2.07. The molecule has 0 saturated carbocycles. The van der Waals surface area contributed by atoms with Crippen molar-refractivity contribution in [2.75, 3.05) is 11.5 Å². The minimum Gasteiger partial charge on any atom is -0.506 e. The third-order valence-corrected chi connectivity index (χ3v) is 3.27. The molecule has 0 amide bonds. The monoisotopic (exact) mass is 240 g/mol. The molecule has 1 unspecified atom stereocenters. The van der Waals surface area contributed by atoms with E-state index in [1.165, 1.54) is 24.1 Å². The summed E-state index contributed by atoms with van der Waals surface area (Å²) in [5.41, 5.74) is 0.966. The molecule has 0 saturated heterocycles. The van der Waals surface area contributed by atoms with E-state index in [9.17, 15) is 0 Å². The van der Waals surface area contributed by atoms with E-state index in [2.05, 4.69) is 24.1 Å². The highest BCUT2D eigenvalue weighted by Gasteiger charge is 2.01. The Morgan fingerprint density at radius 2 is 2.31 bits per heavy atom. The predicted octanol–water partition coefficient (Wildman–Crippen LogP) is 2.41.